The van der Waals surface area contributed by atoms with E-state index in [1.165, 1.54) is 22.8 Å². The molecule has 1 fully saturated rings. The lowest BCUT2D eigenvalue weighted by Crippen LogP contribution is -2.33. The Morgan fingerprint density at radius 2 is 1.95 bits per heavy atom. The average molecular weight is 323 g/mol. The third kappa shape index (κ3) is 3.16. The number of aliphatic hydroxyl groups is 3. The van der Waals surface area contributed by atoms with Crippen LogP contribution in [0.25, 0.3) is 0 Å². The second-order valence-corrected chi connectivity index (χ2v) is 5.95. The van der Waals surface area contributed by atoms with Gasteiger partial charge in [0, 0.05) is 5.75 Å². The molecule has 7 nitrogen and oxygen atoms in total. The van der Waals surface area contributed by atoms with Crippen molar-refractivity contribution in [2.24, 2.45) is 0 Å². The number of hydrogen-bond acceptors (Lipinski definition) is 7. The van der Waals surface area contributed by atoms with E-state index in [0.29, 0.717) is 5.16 Å². The Bertz CT molecular complexity index is 609. The zero-order valence-electron chi connectivity index (χ0n) is 11.7. The Balaban J connectivity index is 1.64. The van der Waals surface area contributed by atoms with Gasteiger partial charge in [-0.05, 0) is 5.56 Å². The average Bonchev–Trinajstić information content (AvgIpc) is 3.12. The smallest absolute Gasteiger partial charge is 0.208 e. The standard InChI is InChI=1S/C14H17N3O4S/c18-6-10-11(19)12(20)13(21-10)17-8-15-14(16-17)22-7-9-4-2-1-3-5-9/h1-5,8,10-13,18-20H,6-7H2/t10-,11-,12-,13-/m1/s1. The molecule has 1 aliphatic rings. The number of rotatable bonds is 5. The fourth-order valence-electron chi connectivity index (χ4n) is 2.27. The van der Waals surface area contributed by atoms with Crippen molar-refractivity contribution in [3.63, 3.8) is 0 Å². The highest BCUT2D eigenvalue weighted by molar-refractivity contribution is 7.98. The maximum Gasteiger partial charge on any atom is 0.208 e. The van der Waals surface area contributed by atoms with Crippen molar-refractivity contribution in [3.05, 3.63) is 42.2 Å². The molecule has 1 saturated heterocycles. The van der Waals surface area contributed by atoms with Crippen LogP contribution in [0.5, 0.6) is 0 Å². The first kappa shape index (κ1) is 15.4. The molecule has 118 valence electrons. The van der Waals surface area contributed by atoms with Crippen molar-refractivity contribution in [2.45, 2.75) is 35.4 Å². The molecule has 0 radical (unpaired) electrons. The summed E-state index contributed by atoms with van der Waals surface area (Å²) in [7, 11) is 0. The van der Waals surface area contributed by atoms with E-state index < -0.39 is 24.5 Å². The lowest BCUT2D eigenvalue weighted by atomic mass is 10.1. The minimum atomic E-state index is -1.15. The van der Waals surface area contributed by atoms with Gasteiger partial charge in [0.05, 0.1) is 6.61 Å². The zero-order chi connectivity index (χ0) is 15.5. The summed E-state index contributed by atoms with van der Waals surface area (Å²) in [5.74, 6) is 0.737. The monoisotopic (exact) mass is 323 g/mol. The van der Waals surface area contributed by atoms with Crippen LogP contribution in [0.1, 0.15) is 11.8 Å². The number of aromatic nitrogens is 3. The van der Waals surface area contributed by atoms with E-state index in [0.717, 1.165) is 11.3 Å². The van der Waals surface area contributed by atoms with Crippen LogP contribution in [0, 0.1) is 0 Å². The molecule has 0 saturated carbocycles. The van der Waals surface area contributed by atoms with E-state index in [9.17, 15) is 10.2 Å². The van der Waals surface area contributed by atoms with Gasteiger partial charge < -0.3 is 20.1 Å². The number of ether oxygens (including phenoxy) is 1. The highest BCUT2D eigenvalue weighted by Gasteiger charge is 2.43. The summed E-state index contributed by atoms with van der Waals surface area (Å²) in [5.41, 5.74) is 1.16. The van der Waals surface area contributed by atoms with Crippen LogP contribution in [0.3, 0.4) is 0 Å². The van der Waals surface area contributed by atoms with Crippen LogP contribution >= 0.6 is 11.8 Å². The van der Waals surface area contributed by atoms with Crippen molar-refractivity contribution in [2.75, 3.05) is 6.61 Å². The number of benzene rings is 1. The highest BCUT2D eigenvalue weighted by atomic mass is 32.2. The van der Waals surface area contributed by atoms with Gasteiger partial charge >= 0.3 is 0 Å². The molecule has 22 heavy (non-hydrogen) atoms. The minimum absolute atomic E-state index is 0.362. The van der Waals surface area contributed by atoms with Crippen molar-refractivity contribution >= 4 is 11.8 Å². The zero-order valence-corrected chi connectivity index (χ0v) is 12.5. The third-order valence-electron chi connectivity index (χ3n) is 3.48. The van der Waals surface area contributed by atoms with E-state index in [1.807, 2.05) is 30.3 Å². The van der Waals surface area contributed by atoms with Crippen molar-refractivity contribution in [1.82, 2.24) is 14.8 Å². The largest absolute Gasteiger partial charge is 0.394 e. The molecule has 4 atom stereocenters. The summed E-state index contributed by atoms with van der Waals surface area (Å²) in [6.07, 6.45) is -2.49. The van der Waals surface area contributed by atoms with E-state index in [-0.39, 0.29) is 6.61 Å². The Morgan fingerprint density at radius 3 is 2.64 bits per heavy atom. The maximum atomic E-state index is 9.95. The Labute approximate surface area is 131 Å². The predicted molar refractivity (Wildman–Crippen MR) is 79.0 cm³/mol. The maximum absolute atomic E-state index is 9.95. The number of thioether (sulfide) groups is 1. The van der Waals surface area contributed by atoms with Crippen LogP contribution in [0.4, 0.5) is 0 Å². The number of hydrogen-bond donors (Lipinski definition) is 3. The van der Waals surface area contributed by atoms with Gasteiger partial charge in [-0.15, -0.1) is 5.10 Å². The van der Waals surface area contributed by atoms with Gasteiger partial charge in [-0.25, -0.2) is 9.67 Å². The molecule has 1 aromatic carbocycles. The van der Waals surface area contributed by atoms with Crippen LogP contribution in [0.2, 0.25) is 0 Å². The second kappa shape index (κ2) is 6.76. The molecule has 0 spiro atoms. The third-order valence-corrected chi connectivity index (χ3v) is 4.40. The SMILES string of the molecule is OC[C@H]1O[C@@H](n2cnc(SCc3ccccc3)n2)[C@H](O)[C@@H]1O. The van der Waals surface area contributed by atoms with Gasteiger partial charge in [0.2, 0.25) is 5.16 Å². The normalized spacial score (nSPS) is 28.1. The minimum Gasteiger partial charge on any atom is -0.394 e. The van der Waals surface area contributed by atoms with E-state index in [4.69, 9.17) is 9.84 Å². The molecule has 0 unspecified atom stereocenters. The van der Waals surface area contributed by atoms with Gasteiger partial charge in [0.15, 0.2) is 6.23 Å². The molecule has 1 aliphatic heterocycles. The molecule has 2 aromatic rings. The van der Waals surface area contributed by atoms with Gasteiger partial charge in [0.25, 0.3) is 0 Å². The first-order valence-electron chi connectivity index (χ1n) is 6.89. The first-order chi connectivity index (χ1) is 10.7. The molecule has 3 rings (SSSR count). The second-order valence-electron chi connectivity index (χ2n) is 5.01. The Morgan fingerprint density at radius 1 is 1.18 bits per heavy atom. The van der Waals surface area contributed by atoms with Gasteiger partial charge in [-0.3, -0.25) is 0 Å². The number of nitrogens with zero attached hydrogens (tertiary/aromatic N) is 3. The predicted octanol–water partition coefficient (Wildman–Crippen LogP) is 0.182. The molecule has 8 heteroatoms. The van der Waals surface area contributed by atoms with Crippen LogP contribution < -0.4 is 0 Å². The molecule has 0 bridgehead atoms. The van der Waals surface area contributed by atoms with Crippen LogP contribution in [0.15, 0.2) is 41.8 Å². The topological polar surface area (TPSA) is 101 Å². The van der Waals surface area contributed by atoms with Crippen LogP contribution in [-0.4, -0.2) is 55.0 Å². The quantitative estimate of drug-likeness (QED) is 0.675. The van der Waals surface area contributed by atoms with E-state index in [2.05, 4.69) is 10.1 Å². The summed E-state index contributed by atoms with van der Waals surface area (Å²) in [4.78, 5) is 4.17. The van der Waals surface area contributed by atoms with E-state index >= 15 is 0 Å². The summed E-state index contributed by atoms with van der Waals surface area (Å²) in [6.45, 7) is -0.362. The molecule has 2 heterocycles. The lowest BCUT2D eigenvalue weighted by Gasteiger charge is -2.13. The van der Waals surface area contributed by atoms with Crippen LogP contribution in [-0.2, 0) is 10.5 Å². The molecule has 1 aromatic heterocycles. The fraction of sp³-hybridized carbons (Fsp3) is 0.429. The molecule has 3 N–H and O–H groups in total. The number of aliphatic hydroxyl groups excluding tert-OH is 3. The Hall–Kier alpha value is -1.45. The summed E-state index contributed by atoms with van der Waals surface area (Å²) < 4.78 is 6.77. The molecular weight excluding hydrogens is 306 g/mol. The lowest BCUT2D eigenvalue weighted by molar-refractivity contribution is -0.0591. The molecule has 0 aliphatic carbocycles. The summed E-state index contributed by atoms with van der Waals surface area (Å²) in [5, 5.41) is 33.6. The van der Waals surface area contributed by atoms with Gasteiger partial charge in [-0.2, -0.15) is 0 Å². The van der Waals surface area contributed by atoms with Crippen molar-refractivity contribution in [3.8, 4) is 0 Å². The van der Waals surface area contributed by atoms with Crippen molar-refractivity contribution < 1.29 is 20.1 Å². The summed E-state index contributed by atoms with van der Waals surface area (Å²) in [6, 6.07) is 9.96. The summed E-state index contributed by atoms with van der Waals surface area (Å²) >= 11 is 1.47. The van der Waals surface area contributed by atoms with E-state index in [1.54, 1.807) is 0 Å². The fourth-order valence-corrected chi connectivity index (χ4v) is 3.03. The first-order valence-corrected chi connectivity index (χ1v) is 7.88. The van der Waals surface area contributed by atoms with Gasteiger partial charge in [0.1, 0.15) is 24.6 Å². The highest BCUT2D eigenvalue weighted by Crippen LogP contribution is 2.29. The molecule has 0 amide bonds. The molecular formula is C14H17N3O4S. The van der Waals surface area contributed by atoms with Crippen molar-refractivity contribution in [1.29, 1.82) is 0 Å². The Kier molecular flexibility index (Phi) is 4.74. The van der Waals surface area contributed by atoms with Gasteiger partial charge in [-0.1, -0.05) is 42.1 Å².